The molecule has 5 rings (SSSR count). The van der Waals surface area contributed by atoms with Crippen LogP contribution in [0.15, 0.2) is 48.2 Å². The van der Waals surface area contributed by atoms with E-state index in [4.69, 9.17) is 9.47 Å². The molecule has 1 aliphatic rings. The van der Waals surface area contributed by atoms with E-state index in [-0.39, 0.29) is 33.6 Å². The first-order valence-corrected chi connectivity index (χ1v) is 13.6. The summed E-state index contributed by atoms with van der Waals surface area (Å²) in [5.41, 5.74) is 3.13. The Balaban J connectivity index is 1.72. The van der Waals surface area contributed by atoms with Crippen molar-refractivity contribution in [1.82, 2.24) is 14.4 Å². The van der Waals surface area contributed by atoms with Crippen LogP contribution in [0.5, 0.6) is 5.75 Å². The number of anilines is 1. The molecule has 1 atom stereocenters. The molecule has 1 saturated heterocycles. The van der Waals surface area contributed by atoms with Gasteiger partial charge in [-0.3, -0.25) is 14.5 Å². The van der Waals surface area contributed by atoms with Crippen LogP contribution in [0.3, 0.4) is 0 Å². The van der Waals surface area contributed by atoms with Gasteiger partial charge in [0.2, 0.25) is 0 Å². The fraction of sp³-hybridized carbons (Fsp3) is 0.276. The van der Waals surface area contributed by atoms with Gasteiger partial charge in [0.15, 0.2) is 10.9 Å². The van der Waals surface area contributed by atoms with Gasteiger partial charge in [0.25, 0.3) is 5.78 Å². The van der Waals surface area contributed by atoms with Crippen LogP contribution in [0.25, 0.3) is 11.4 Å². The molecular weight excluding hydrogens is 532 g/mol. The smallest absolute Gasteiger partial charge is 0.350 e. The van der Waals surface area contributed by atoms with Crippen LogP contribution in [0.2, 0.25) is 0 Å². The number of pyridine rings is 1. The maximum absolute atomic E-state index is 13.6. The Morgan fingerprint density at radius 2 is 1.77 bits per heavy atom. The Morgan fingerprint density at radius 1 is 1.05 bits per heavy atom. The zero-order chi connectivity index (χ0) is 28.7. The van der Waals surface area contributed by atoms with Crippen LogP contribution in [0.1, 0.15) is 57.8 Å². The Labute approximate surface area is 234 Å². The van der Waals surface area contributed by atoms with E-state index in [0.29, 0.717) is 35.0 Å². The van der Waals surface area contributed by atoms with E-state index in [9.17, 15) is 19.5 Å². The van der Waals surface area contributed by atoms with Crippen molar-refractivity contribution in [2.24, 2.45) is 0 Å². The van der Waals surface area contributed by atoms with Gasteiger partial charge >= 0.3 is 11.9 Å². The Hall–Kier alpha value is -4.51. The van der Waals surface area contributed by atoms with E-state index in [0.717, 1.165) is 16.9 Å². The van der Waals surface area contributed by atoms with Crippen LogP contribution in [0.4, 0.5) is 5.13 Å². The number of esters is 1. The van der Waals surface area contributed by atoms with Gasteiger partial charge in [0.05, 0.1) is 36.2 Å². The van der Waals surface area contributed by atoms with Crippen molar-refractivity contribution in [2.45, 2.75) is 40.7 Å². The highest BCUT2D eigenvalue weighted by molar-refractivity contribution is 7.17. The monoisotopic (exact) mass is 560 g/mol. The zero-order valence-corrected chi connectivity index (χ0v) is 23.5. The summed E-state index contributed by atoms with van der Waals surface area (Å²) < 4.78 is 12.5. The highest BCUT2D eigenvalue weighted by Gasteiger charge is 2.49. The maximum Gasteiger partial charge on any atom is 0.350 e. The summed E-state index contributed by atoms with van der Waals surface area (Å²) >= 11 is 0.957. The van der Waals surface area contributed by atoms with Crippen molar-refractivity contribution < 1.29 is 29.0 Å². The predicted molar refractivity (Wildman–Crippen MR) is 150 cm³/mol. The fourth-order valence-corrected chi connectivity index (χ4v) is 5.79. The standard InChI is InChI=1S/C29H28N4O6S/c1-6-38-19-12-10-18(11-13-19)22-20(23(34)21-17(5)32-14-8-9-15(3)26(32)31-21)24(35)27(36)33(22)29-30-16(4)25(40-29)28(37)39-7-2/h8-14,22,34H,6-7H2,1-5H3. The Morgan fingerprint density at radius 3 is 2.42 bits per heavy atom. The third kappa shape index (κ3) is 4.41. The van der Waals surface area contributed by atoms with E-state index in [1.54, 1.807) is 45.0 Å². The minimum atomic E-state index is -1.03. The summed E-state index contributed by atoms with van der Waals surface area (Å²) in [4.78, 5) is 50.2. The van der Waals surface area contributed by atoms with Crippen molar-refractivity contribution in [2.75, 3.05) is 18.1 Å². The molecular formula is C29H28N4O6S. The van der Waals surface area contributed by atoms with Gasteiger partial charge < -0.3 is 19.0 Å². The van der Waals surface area contributed by atoms with E-state index < -0.39 is 23.7 Å². The van der Waals surface area contributed by atoms with Crippen LogP contribution in [0, 0.1) is 20.8 Å². The molecule has 4 heterocycles. The SMILES string of the molecule is CCOC(=O)c1sc(N2C(=O)C(=O)C(=C(O)c3nc4c(C)cccn4c3C)C2c2ccc(OCC)cc2)nc1C. The number of aliphatic hydroxyl groups is 1. The normalized spacial score (nSPS) is 16.6. The lowest BCUT2D eigenvalue weighted by molar-refractivity contribution is -0.132. The van der Waals surface area contributed by atoms with Gasteiger partial charge in [0.1, 0.15) is 22.0 Å². The molecule has 1 unspecified atom stereocenters. The largest absolute Gasteiger partial charge is 0.505 e. The lowest BCUT2D eigenvalue weighted by atomic mass is 9.96. The average molecular weight is 561 g/mol. The second kappa shape index (κ2) is 10.6. The zero-order valence-electron chi connectivity index (χ0n) is 22.7. The number of carbonyl (C=O) groups excluding carboxylic acids is 3. The molecule has 40 heavy (non-hydrogen) atoms. The average Bonchev–Trinajstić information content (AvgIpc) is 3.57. The van der Waals surface area contributed by atoms with E-state index >= 15 is 0 Å². The highest BCUT2D eigenvalue weighted by atomic mass is 32.1. The Kier molecular flexibility index (Phi) is 7.16. The number of rotatable bonds is 7. The van der Waals surface area contributed by atoms with Gasteiger partial charge in [-0.15, -0.1) is 0 Å². The third-order valence-corrected chi connectivity index (χ3v) is 7.85. The predicted octanol–water partition coefficient (Wildman–Crippen LogP) is 4.92. The van der Waals surface area contributed by atoms with Crippen molar-refractivity contribution >= 4 is 45.5 Å². The molecule has 1 amide bonds. The number of Topliss-reactive ketones (excluding diaryl/α,β-unsaturated/α-hetero) is 1. The topological polar surface area (TPSA) is 123 Å². The molecule has 1 aliphatic heterocycles. The van der Waals surface area contributed by atoms with Gasteiger partial charge in [-0.2, -0.15) is 0 Å². The van der Waals surface area contributed by atoms with Crippen LogP contribution >= 0.6 is 11.3 Å². The number of ether oxygens (including phenoxy) is 2. The number of nitrogens with zero attached hydrogens (tertiary/aromatic N) is 4. The molecule has 1 N–H and O–H groups in total. The van der Waals surface area contributed by atoms with Gasteiger partial charge in [0, 0.05) is 6.20 Å². The summed E-state index contributed by atoms with van der Waals surface area (Å²) in [5, 5.41) is 11.8. The van der Waals surface area contributed by atoms with Crippen molar-refractivity contribution in [3.05, 3.63) is 81.3 Å². The second-order valence-electron chi connectivity index (χ2n) is 9.23. The number of hydrogen-bond donors (Lipinski definition) is 1. The number of aromatic nitrogens is 3. The lowest BCUT2D eigenvalue weighted by Gasteiger charge is -2.23. The summed E-state index contributed by atoms with van der Waals surface area (Å²) in [5.74, 6) is -2.09. The maximum atomic E-state index is 13.6. The molecule has 10 nitrogen and oxygen atoms in total. The number of benzene rings is 1. The fourth-order valence-electron chi connectivity index (χ4n) is 4.80. The van der Waals surface area contributed by atoms with Crippen LogP contribution in [-0.4, -0.2) is 50.3 Å². The van der Waals surface area contributed by atoms with E-state index in [2.05, 4.69) is 9.97 Å². The molecule has 1 aromatic carbocycles. The number of thiazole rings is 1. The first-order chi connectivity index (χ1) is 19.2. The second-order valence-corrected chi connectivity index (χ2v) is 10.2. The number of hydrogen-bond acceptors (Lipinski definition) is 9. The number of ketones is 1. The first-order valence-electron chi connectivity index (χ1n) is 12.8. The minimum Gasteiger partial charge on any atom is -0.505 e. The number of carbonyl (C=O) groups is 3. The summed E-state index contributed by atoms with van der Waals surface area (Å²) in [7, 11) is 0. The number of amides is 1. The Bertz CT molecular complexity index is 1680. The summed E-state index contributed by atoms with van der Waals surface area (Å²) in [6, 6.07) is 9.67. The minimum absolute atomic E-state index is 0.121. The number of aliphatic hydroxyl groups excluding tert-OH is 1. The van der Waals surface area contributed by atoms with Gasteiger partial charge in [-0.25, -0.2) is 14.8 Å². The molecule has 11 heteroatoms. The van der Waals surface area contributed by atoms with E-state index in [1.165, 1.54) is 4.90 Å². The number of imidazole rings is 1. The molecule has 0 radical (unpaired) electrons. The van der Waals surface area contributed by atoms with Gasteiger partial charge in [-0.1, -0.05) is 29.5 Å². The number of aryl methyl sites for hydroxylation is 3. The third-order valence-electron chi connectivity index (χ3n) is 6.71. The summed E-state index contributed by atoms with van der Waals surface area (Å²) in [6.45, 7) is 9.54. The molecule has 0 spiro atoms. The van der Waals surface area contributed by atoms with Crippen molar-refractivity contribution in [3.63, 3.8) is 0 Å². The molecule has 206 valence electrons. The van der Waals surface area contributed by atoms with Gasteiger partial charge in [-0.05, 0) is 63.9 Å². The summed E-state index contributed by atoms with van der Waals surface area (Å²) in [6.07, 6.45) is 1.82. The highest BCUT2D eigenvalue weighted by Crippen LogP contribution is 2.44. The molecule has 3 aromatic heterocycles. The first kappa shape index (κ1) is 27.1. The number of fused-ring (bicyclic) bond motifs is 1. The van der Waals surface area contributed by atoms with Crippen molar-refractivity contribution in [3.8, 4) is 5.75 Å². The van der Waals surface area contributed by atoms with Crippen LogP contribution < -0.4 is 9.64 Å². The molecule has 0 saturated carbocycles. The molecule has 4 aromatic rings. The molecule has 0 aliphatic carbocycles. The van der Waals surface area contributed by atoms with E-state index in [1.807, 2.05) is 36.6 Å². The van der Waals surface area contributed by atoms with Crippen molar-refractivity contribution in [1.29, 1.82) is 0 Å². The molecule has 0 bridgehead atoms. The van der Waals surface area contributed by atoms with Crippen LogP contribution in [-0.2, 0) is 14.3 Å². The lowest BCUT2D eigenvalue weighted by Crippen LogP contribution is -2.29. The quantitative estimate of drug-likeness (QED) is 0.146. The molecule has 1 fully saturated rings.